The molecular formula is C11H16O2. The van der Waals surface area contributed by atoms with E-state index >= 15 is 0 Å². The maximum Gasteiger partial charge on any atom is 0.331 e. The van der Waals surface area contributed by atoms with Crippen molar-refractivity contribution in [1.29, 1.82) is 0 Å². The van der Waals surface area contributed by atoms with Gasteiger partial charge in [-0.2, -0.15) is 0 Å². The standard InChI is InChI=1S/C11H16O2/c1-3-4-5-6-10-9(2)7-8-11(12)13-10/h7-8,10H,2-6H2,1H3. The number of carbonyl (C=O) groups is 1. The molecule has 0 saturated heterocycles. The Morgan fingerprint density at radius 1 is 1.46 bits per heavy atom. The van der Waals surface area contributed by atoms with Crippen LogP contribution in [0.2, 0.25) is 0 Å². The summed E-state index contributed by atoms with van der Waals surface area (Å²) < 4.78 is 5.12. The zero-order valence-corrected chi connectivity index (χ0v) is 8.08. The van der Waals surface area contributed by atoms with Crippen molar-refractivity contribution in [1.82, 2.24) is 0 Å². The van der Waals surface area contributed by atoms with E-state index in [1.165, 1.54) is 18.9 Å². The van der Waals surface area contributed by atoms with Crippen molar-refractivity contribution in [3.63, 3.8) is 0 Å². The number of rotatable bonds is 4. The molecule has 0 amide bonds. The van der Waals surface area contributed by atoms with Crippen LogP contribution in [0, 0.1) is 0 Å². The number of cyclic esters (lactones) is 1. The Morgan fingerprint density at radius 2 is 2.23 bits per heavy atom. The number of ether oxygens (including phenoxy) is 1. The Kier molecular flexibility index (Phi) is 3.74. The fourth-order valence-electron chi connectivity index (χ4n) is 1.36. The topological polar surface area (TPSA) is 26.3 Å². The van der Waals surface area contributed by atoms with Gasteiger partial charge in [0, 0.05) is 6.08 Å². The quantitative estimate of drug-likeness (QED) is 0.491. The highest BCUT2D eigenvalue weighted by Crippen LogP contribution is 2.18. The highest BCUT2D eigenvalue weighted by Gasteiger charge is 2.18. The summed E-state index contributed by atoms with van der Waals surface area (Å²) in [6.45, 7) is 6.00. The third-order valence-corrected chi connectivity index (χ3v) is 2.18. The van der Waals surface area contributed by atoms with Crippen LogP contribution in [-0.2, 0) is 9.53 Å². The van der Waals surface area contributed by atoms with Gasteiger partial charge in [-0.25, -0.2) is 4.79 Å². The Labute approximate surface area is 79.3 Å². The lowest BCUT2D eigenvalue weighted by molar-refractivity contribution is -0.142. The first kappa shape index (κ1) is 10.0. The van der Waals surface area contributed by atoms with Crippen molar-refractivity contribution in [2.45, 2.75) is 38.7 Å². The second-order valence-corrected chi connectivity index (χ2v) is 3.33. The molecular weight excluding hydrogens is 164 g/mol. The molecule has 1 unspecified atom stereocenters. The van der Waals surface area contributed by atoms with E-state index in [-0.39, 0.29) is 12.1 Å². The molecule has 0 bridgehead atoms. The zero-order chi connectivity index (χ0) is 9.68. The van der Waals surface area contributed by atoms with E-state index in [1.54, 1.807) is 6.08 Å². The molecule has 1 aliphatic heterocycles. The maximum atomic E-state index is 10.9. The van der Waals surface area contributed by atoms with E-state index in [4.69, 9.17) is 4.74 Å². The van der Waals surface area contributed by atoms with Gasteiger partial charge in [0.1, 0.15) is 6.10 Å². The largest absolute Gasteiger partial charge is 0.454 e. The molecule has 2 nitrogen and oxygen atoms in total. The highest BCUT2D eigenvalue weighted by atomic mass is 16.5. The summed E-state index contributed by atoms with van der Waals surface area (Å²) in [6, 6.07) is 0. The number of esters is 1. The number of hydrogen-bond donors (Lipinski definition) is 0. The van der Waals surface area contributed by atoms with Crippen molar-refractivity contribution >= 4 is 5.97 Å². The van der Waals surface area contributed by atoms with Gasteiger partial charge in [-0.3, -0.25) is 0 Å². The summed E-state index contributed by atoms with van der Waals surface area (Å²) in [5.74, 6) is -0.242. The van der Waals surface area contributed by atoms with E-state index in [1.807, 2.05) is 0 Å². The summed E-state index contributed by atoms with van der Waals surface area (Å²) in [6.07, 6.45) is 7.48. The summed E-state index contributed by atoms with van der Waals surface area (Å²) >= 11 is 0. The third-order valence-electron chi connectivity index (χ3n) is 2.18. The molecule has 0 spiro atoms. The molecule has 0 aliphatic carbocycles. The molecule has 0 aromatic carbocycles. The van der Waals surface area contributed by atoms with Crippen molar-refractivity contribution in [3.05, 3.63) is 24.3 Å². The molecule has 0 aromatic rings. The van der Waals surface area contributed by atoms with Crippen LogP contribution in [0.5, 0.6) is 0 Å². The SMILES string of the molecule is C=C1C=CC(=O)OC1CCCCC. The second kappa shape index (κ2) is 4.85. The molecule has 2 heteroatoms. The third kappa shape index (κ3) is 3.05. The smallest absolute Gasteiger partial charge is 0.331 e. The maximum absolute atomic E-state index is 10.9. The lowest BCUT2D eigenvalue weighted by atomic mass is 10.0. The monoisotopic (exact) mass is 180 g/mol. The average Bonchev–Trinajstić information content (AvgIpc) is 2.11. The van der Waals surface area contributed by atoms with Crippen molar-refractivity contribution in [3.8, 4) is 0 Å². The average molecular weight is 180 g/mol. The minimum absolute atomic E-state index is 0.0796. The number of carbonyl (C=O) groups excluding carboxylic acids is 1. The van der Waals surface area contributed by atoms with Crippen molar-refractivity contribution in [2.75, 3.05) is 0 Å². The van der Waals surface area contributed by atoms with Crippen LogP contribution in [0.25, 0.3) is 0 Å². The summed E-state index contributed by atoms with van der Waals surface area (Å²) in [5, 5.41) is 0. The minimum Gasteiger partial charge on any atom is -0.454 e. The first-order valence-electron chi connectivity index (χ1n) is 4.81. The van der Waals surface area contributed by atoms with E-state index in [0.29, 0.717) is 0 Å². The Balaban J connectivity index is 2.37. The van der Waals surface area contributed by atoms with Crippen LogP contribution in [-0.4, -0.2) is 12.1 Å². The van der Waals surface area contributed by atoms with Crippen LogP contribution in [0.1, 0.15) is 32.6 Å². The van der Waals surface area contributed by atoms with Gasteiger partial charge in [0.15, 0.2) is 0 Å². The van der Waals surface area contributed by atoms with E-state index in [0.717, 1.165) is 18.4 Å². The fourth-order valence-corrected chi connectivity index (χ4v) is 1.36. The van der Waals surface area contributed by atoms with Crippen LogP contribution >= 0.6 is 0 Å². The fraction of sp³-hybridized carbons (Fsp3) is 0.545. The van der Waals surface area contributed by atoms with Crippen LogP contribution < -0.4 is 0 Å². The first-order chi connectivity index (χ1) is 6.24. The Morgan fingerprint density at radius 3 is 2.92 bits per heavy atom. The molecule has 13 heavy (non-hydrogen) atoms. The van der Waals surface area contributed by atoms with Gasteiger partial charge in [-0.15, -0.1) is 0 Å². The van der Waals surface area contributed by atoms with Gasteiger partial charge in [-0.05, 0) is 24.5 Å². The second-order valence-electron chi connectivity index (χ2n) is 3.33. The normalized spacial score (nSPS) is 21.8. The van der Waals surface area contributed by atoms with Gasteiger partial charge < -0.3 is 4.74 Å². The predicted octanol–water partition coefficient (Wildman–Crippen LogP) is 2.60. The summed E-state index contributed by atoms with van der Waals surface area (Å²) in [5.41, 5.74) is 0.913. The molecule has 1 aliphatic rings. The minimum atomic E-state index is -0.242. The molecule has 1 rings (SSSR count). The van der Waals surface area contributed by atoms with E-state index in [2.05, 4.69) is 13.5 Å². The van der Waals surface area contributed by atoms with E-state index in [9.17, 15) is 4.79 Å². The van der Waals surface area contributed by atoms with Crippen molar-refractivity contribution < 1.29 is 9.53 Å². The van der Waals surface area contributed by atoms with Gasteiger partial charge >= 0.3 is 5.97 Å². The molecule has 0 fully saturated rings. The molecule has 72 valence electrons. The van der Waals surface area contributed by atoms with Gasteiger partial charge in [0.2, 0.25) is 0 Å². The van der Waals surface area contributed by atoms with E-state index < -0.39 is 0 Å². The Bertz CT molecular complexity index is 228. The lowest BCUT2D eigenvalue weighted by Gasteiger charge is -2.20. The molecule has 1 atom stereocenters. The summed E-state index contributed by atoms with van der Waals surface area (Å²) in [7, 11) is 0. The molecule has 0 radical (unpaired) electrons. The lowest BCUT2D eigenvalue weighted by Crippen LogP contribution is -2.21. The molecule has 0 saturated carbocycles. The first-order valence-corrected chi connectivity index (χ1v) is 4.81. The van der Waals surface area contributed by atoms with Crippen LogP contribution in [0.4, 0.5) is 0 Å². The highest BCUT2D eigenvalue weighted by molar-refractivity contribution is 5.84. The summed E-state index contributed by atoms with van der Waals surface area (Å²) in [4.78, 5) is 10.9. The van der Waals surface area contributed by atoms with Crippen molar-refractivity contribution in [2.24, 2.45) is 0 Å². The Hall–Kier alpha value is -1.05. The molecule has 0 N–H and O–H groups in total. The van der Waals surface area contributed by atoms with Gasteiger partial charge in [0.05, 0.1) is 0 Å². The number of unbranched alkanes of at least 4 members (excludes halogenated alkanes) is 2. The molecule has 1 heterocycles. The molecule has 0 aromatic heterocycles. The van der Waals surface area contributed by atoms with Crippen LogP contribution in [0.3, 0.4) is 0 Å². The van der Waals surface area contributed by atoms with Crippen LogP contribution in [0.15, 0.2) is 24.3 Å². The predicted molar refractivity (Wildman–Crippen MR) is 52.3 cm³/mol. The number of hydrogen-bond acceptors (Lipinski definition) is 2. The zero-order valence-electron chi connectivity index (χ0n) is 8.08. The van der Waals surface area contributed by atoms with Gasteiger partial charge in [-0.1, -0.05) is 26.3 Å². The van der Waals surface area contributed by atoms with Gasteiger partial charge in [0.25, 0.3) is 0 Å².